The highest BCUT2D eigenvalue weighted by Gasteiger charge is 2.15. The van der Waals surface area contributed by atoms with Crippen LogP contribution in [-0.2, 0) is 0 Å². The summed E-state index contributed by atoms with van der Waals surface area (Å²) < 4.78 is 5.57. The molecule has 8 heteroatoms. The van der Waals surface area contributed by atoms with Crippen molar-refractivity contribution in [2.24, 2.45) is 0 Å². The number of anilines is 1. The second-order valence-corrected chi connectivity index (χ2v) is 10.1. The third-order valence-electron chi connectivity index (χ3n) is 6.03. The molecule has 0 spiro atoms. The van der Waals surface area contributed by atoms with Crippen LogP contribution in [0.15, 0.2) is 66.7 Å². The Morgan fingerprint density at radius 2 is 1.73 bits per heavy atom. The molecule has 3 N–H and O–H groups in total. The quantitative estimate of drug-likeness (QED) is 0.215. The first-order valence-electron chi connectivity index (χ1n) is 12.5. The lowest BCUT2D eigenvalue weighted by atomic mass is 9.92. The van der Waals surface area contributed by atoms with Gasteiger partial charge < -0.3 is 25.6 Å². The summed E-state index contributed by atoms with van der Waals surface area (Å²) in [5.41, 5.74) is 3.82. The minimum absolute atomic E-state index is 0.115. The largest absolute Gasteiger partial charge is 0.496 e. The van der Waals surface area contributed by atoms with Crippen molar-refractivity contribution in [1.82, 2.24) is 15.5 Å². The molecule has 37 heavy (non-hydrogen) atoms. The Morgan fingerprint density at radius 1 is 0.973 bits per heavy atom. The number of rotatable bonds is 13. The molecule has 3 aromatic carbocycles. The van der Waals surface area contributed by atoms with Gasteiger partial charge >= 0.3 is 6.03 Å². The number of urea groups is 1. The molecule has 0 aliphatic carbocycles. The summed E-state index contributed by atoms with van der Waals surface area (Å²) in [5.74, 6) is 0.946. The Labute approximate surface area is 230 Å². The number of methoxy groups -OCH3 is 1. The van der Waals surface area contributed by atoms with Crippen molar-refractivity contribution in [3.05, 3.63) is 82.3 Å². The third kappa shape index (κ3) is 9.56. The Balaban J connectivity index is 1.70. The van der Waals surface area contributed by atoms with Gasteiger partial charge in [-0.2, -0.15) is 0 Å². The molecule has 0 radical (unpaired) electrons. The van der Waals surface area contributed by atoms with E-state index in [1.165, 1.54) is 0 Å². The smallest absolute Gasteiger partial charge is 0.319 e. The molecule has 0 aliphatic rings. The first-order chi connectivity index (χ1) is 17.9. The van der Waals surface area contributed by atoms with Gasteiger partial charge in [-0.1, -0.05) is 65.7 Å². The number of para-hydroxylation sites is 1. The van der Waals surface area contributed by atoms with Crippen molar-refractivity contribution in [2.45, 2.75) is 18.8 Å². The zero-order valence-electron chi connectivity index (χ0n) is 21.7. The molecule has 0 fully saturated rings. The maximum Gasteiger partial charge on any atom is 0.319 e. The number of halogens is 2. The predicted molar refractivity (Wildman–Crippen MR) is 155 cm³/mol. The molecule has 1 unspecified atom stereocenters. The standard InChI is InChI=1S/C29H36Cl2N4O2/c1-35(2)15-7-13-32-14-12-23(20-33-29(36)34-26-18-24(30)17-25(31)19-26)21-8-6-9-22(16-21)27-10-4-5-11-28(27)37-3/h4-6,8-11,16-19,23,32H,7,12-15,20H2,1-3H3,(H2,33,34,36). The van der Waals surface area contributed by atoms with Crippen LogP contribution >= 0.6 is 23.2 Å². The minimum atomic E-state index is -0.303. The van der Waals surface area contributed by atoms with Crippen LogP contribution in [0.2, 0.25) is 10.0 Å². The van der Waals surface area contributed by atoms with Gasteiger partial charge in [0.05, 0.1) is 7.11 Å². The Bertz CT molecular complexity index is 1140. The average Bonchev–Trinajstić information content (AvgIpc) is 2.87. The Kier molecular flexibility index (Phi) is 11.5. The summed E-state index contributed by atoms with van der Waals surface area (Å²) >= 11 is 12.1. The molecular formula is C29H36Cl2N4O2. The van der Waals surface area contributed by atoms with Crippen LogP contribution in [0.3, 0.4) is 0 Å². The lowest BCUT2D eigenvalue weighted by Crippen LogP contribution is -2.33. The molecule has 2 amide bonds. The van der Waals surface area contributed by atoms with E-state index in [1.54, 1.807) is 25.3 Å². The third-order valence-corrected chi connectivity index (χ3v) is 6.47. The number of carbonyl (C=O) groups excluding carboxylic acids is 1. The van der Waals surface area contributed by atoms with E-state index in [4.69, 9.17) is 27.9 Å². The highest BCUT2D eigenvalue weighted by atomic mass is 35.5. The lowest BCUT2D eigenvalue weighted by Gasteiger charge is -2.20. The van der Waals surface area contributed by atoms with E-state index < -0.39 is 0 Å². The number of hydrogen-bond donors (Lipinski definition) is 3. The molecule has 6 nitrogen and oxygen atoms in total. The summed E-state index contributed by atoms with van der Waals surface area (Å²) in [6, 6.07) is 21.1. The van der Waals surface area contributed by atoms with Gasteiger partial charge in [0, 0.05) is 33.8 Å². The molecule has 0 saturated carbocycles. The van der Waals surface area contributed by atoms with Gasteiger partial charge in [-0.05, 0) is 82.0 Å². The second-order valence-electron chi connectivity index (χ2n) is 9.21. The van der Waals surface area contributed by atoms with Crippen molar-refractivity contribution in [1.29, 1.82) is 0 Å². The summed E-state index contributed by atoms with van der Waals surface area (Å²) in [6.45, 7) is 3.33. The van der Waals surface area contributed by atoms with Crippen LogP contribution in [0.25, 0.3) is 11.1 Å². The van der Waals surface area contributed by atoms with Crippen LogP contribution in [0.1, 0.15) is 24.3 Å². The van der Waals surface area contributed by atoms with Crippen LogP contribution in [-0.4, -0.2) is 58.3 Å². The van der Waals surface area contributed by atoms with E-state index in [1.807, 2.05) is 18.2 Å². The van der Waals surface area contributed by atoms with E-state index >= 15 is 0 Å². The number of nitrogens with zero attached hydrogens (tertiary/aromatic N) is 1. The fraction of sp³-hybridized carbons (Fsp3) is 0.345. The van der Waals surface area contributed by atoms with Crippen molar-refractivity contribution in [2.75, 3.05) is 52.7 Å². The van der Waals surface area contributed by atoms with Crippen molar-refractivity contribution in [3.8, 4) is 16.9 Å². The molecule has 3 rings (SSSR count). The van der Waals surface area contributed by atoms with E-state index in [2.05, 4.69) is 65.3 Å². The topological polar surface area (TPSA) is 65.6 Å². The number of hydrogen-bond acceptors (Lipinski definition) is 4. The molecule has 198 valence electrons. The fourth-order valence-electron chi connectivity index (χ4n) is 4.17. The van der Waals surface area contributed by atoms with Crippen molar-refractivity contribution >= 4 is 34.9 Å². The highest BCUT2D eigenvalue weighted by Crippen LogP contribution is 2.32. The molecule has 0 aromatic heterocycles. The van der Waals surface area contributed by atoms with Gasteiger partial charge in [-0.25, -0.2) is 4.79 Å². The molecule has 3 aromatic rings. The highest BCUT2D eigenvalue weighted by molar-refractivity contribution is 6.35. The van der Waals surface area contributed by atoms with Crippen LogP contribution < -0.4 is 20.7 Å². The van der Waals surface area contributed by atoms with Gasteiger partial charge in [-0.3, -0.25) is 0 Å². The second kappa shape index (κ2) is 14.8. The average molecular weight is 544 g/mol. The number of benzene rings is 3. The molecule has 1 atom stereocenters. The molecule has 0 aliphatic heterocycles. The minimum Gasteiger partial charge on any atom is -0.496 e. The van der Waals surface area contributed by atoms with Crippen molar-refractivity contribution < 1.29 is 9.53 Å². The predicted octanol–water partition coefficient (Wildman–Crippen LogP) is 6.51. The summed E-state index contributed by atoms with van der Waals surface area (Å²) in [6.07, 6.45) is 1.96. The van der Waals surface area contributed by atoms with Gasteiger partial charge in [0.2, 0.25) is 0 Å². The van der Waals surface area contributed by atoms with E-state index in [-0.39, 0.29) is 11.9 Å². The zero-order chi connectivity index (χ0) is 26.6. The Morgan fingerprint density at radius 3 is 2.46 bits per heavy atom. The van der Waals surface area contributed by atoms with Crippen molar-refractivity contribution in [3.63, 3.8) is 0 Å². The molecular weight excluding hydrogens is 507 g/mol. The van der Waals surface area contributed by atoms with E-state index in [9.17, 15) is 4.79 Å². The number of nitrogens with one attached hydrogen (secondary N) is 3. The van der Waals surface area contributed by atoms with Gasteiger partial charge in [0.15, 0.2) is 0 Å². The van der Waals surface area contributed by atoms with Gasteiger partial charge in [-0.15, -0.1) is 0 Å². The molecule has 0 bridgehead atoms. The maximum absolute atomic E-state index is 12.7. The van der Waals surface area contributed by atoms with Crippen LogP contribution in [0.5, 0.6) is 5.75 Å². The summed E-state index contributed by atoms with van der Waals surface area (Å²) in [5, 5.41) is 10.3. The van der Waals surface area contributed by atoms with Gasteiger partial charge in [0.1, 0.15) is 5.75 Å². The maximum atomic E-state index is 12.7. The van der Waals surface area contributed by atoms with Crippen LogP contribution in [0, 0.1) is 0 Å². The normalized spacial score (nSPS) is 11.8. The Hall–Kier alpha value is -2.77. The number of carbonyl (C=O) groups is 1. The lowest BCUT2D eigenvalue weighted by molar-refractivity contribution is 0.251. The molecule has 0 saturated heterocycles. The first kappa shape index (κ1) is 28.8. The van der Waals surface area contributed by atoms with Gasteiger partial charge in [0.25, 0.3) is 0 Å². The molecule has 0 heterocycles. The van der Waals surface area contributed by atoms with E-state index in [0.717, 1.165) is 54.9 Å². The van der Waals surface area contributed by atoms with Crippen LogP contribution in [0.4, 0.5) is 10.5 Å². The summed E-state index contributed by atoms with van der Waals surface area (Å²) in [7, 11) is 5.85. The SMILES string of the molecule is COc1ccccc1-c1cccc(C(CCNCCCN(C)C)CNC(=O)Nc2cc(Cl)cc(Cl)c2)c1. The zero-order valence-corrected chi connectivity index (χ0v) is 23.2. The number of amides is 2. The summed E-state index contributed by atoms with van der Waals surface area (Å²) in [4.78, 5) is 14.9. The van der Waals surface area contributed by atoms with E-state index in [0.29, 0.717) is 22.3 Å². The first-order valence-corrected chi connectivity index (χ1v) is 13.2. The fourth-order valence-corrected chi connectivity index (χ4v) is 4.69. The monoisotopic (exact) mass is 542 g/mol. The number of ether oxygens (including phenoxy) is 1.